The molecule has 2 N–H and O–H groups in total. The van der Waals surface area contributed by atoms with Crippen molar-refractivity contribution < 1.29 is 19.7 Å². The van der Waals surface area contributed by atoms with Crippen LogP contribution < -0.4 is 0 Å². The average molecular weight is 228 g/mol. The van der Waals surface area contributed by atoms with Gasteiger partial charge in [0.1, 0.15) is 11.7 Å². The summed E-state index contributed by atoms with van der Waals surface area (Å²) in [4.78, 5) is 10.9. The highest BCUT2D eigenvalue weighted by Crippen LogP contribution is 2.34. The highest BCUT2D eigenvalue weighted by atomic mass is 16.6. The van der Waals surface area contributed by atoms with E-state index in [0.29, 0.717) is 12.8 Å². The zero-order valence-corrected chi connectivity index (χ0v) is 10.3. The second-order valence-electron chi connectivity index (χ2n) is 5.14. The van der Waals surface area contributed by atoms with Crippen LogP contribution in [0.5, 0.6) is 0 Å². The van der Waals surface area contributed by atoms with E-state index in [1.165, 1.54) is 6.92 Å². The third-order valence-corrected chi connectivity index (χ3v) is 2.94. The SMILES string of the molecule is CC(=O)O[C@@H]1C=C(C(C)(C)O)CC[C@]1(C)O. The van der Waals surface area contributed by atoms with E-state index in [9.17, 15) is 15.0 Å². The van der Waals surface area contributed by atoms with Crippen LogP contribution in [0.2, 0.25) is 0 Å². The molecule has 0 aromatic rings. The standard InChI is InChI=1S/C12H20O4/c1-8(13)16-10-7-9(11(2,3)14)5-6-12(10,4)15/h7,10,14-15H,5-6H2,1-4H3/t10-,12+/m1/s1. The third-order valence-electron chi connectivity index (χ3n) is 2.94. The fourth-order valence-electron chi connectivity index (χ4n) is 1.83. The van der Waals surface area contributed by atoms with Gasteiger partial charge in [0, 0.05) is 6.92 Å². The molecule has 0 aromatic heterocycles. The molecule has 1 rings (SSSR count). The van der Waals surface area contributed by atoms with Gasteiger partial charge in [0.2, 0.25) is 0 Å². The summed E-state index contributed by atoms with van der Waals surface area (Å²) in [6, 6.07) is 0. The second kappa shape index (κ2) is 4.18. The summed E-state index contributed by atoms with van der Waals surface area (Å²) in [6.45, 7) is 6.31. The van der Waals surface area contributed by atoms with E-state index in [4.69, 9.17) is 4.74 Å². The summed E-state index contributed by atoms with van der Waals surface area (Å²) in [6.07, 6.45) is 2.06. The zero-order chi connectivity index (χ0) is 12.6. The van der Waals surface area contributed by atoms with E-state index in [-0.39, 0.29) is 0 Å². The minimum atomic E-state index is -1.06. The Morgan fingerprint density at radius 2 is 2.19 bits per heavy atom. The van der Waals surface area contributed by atoms with Gasteiger partial charge in [-0.15, -0.1) is 0 Å². The van der Waals surface area contributed by atoms with Crippen molar-refractivity contribution in [3.8, 4) is 0 Å². The highest BCUT2D eigenvalue weighted by molar-refractivity contribution is 5.66. The summed E-state index contributed by atoms with van der Waals surface area (Å²) in [5.74, 6) is -0.432. The van der Waals surface area contributed by atoms with Crippen molar-refractivity contribution in [1.29, 1.82) is 0 Å². The number of esters is 1. The molecule has 2 atom stereocenters. The van der Waals surface area contributed by atoms with E-state index in [2.05, 4.69) is 0 Å². The Morgan fingerprint density at radius 3 is 2.62 bits per heavy atom. The molecular weight excluding hydrogens is 208 g/mol. The lowest BCUT2D eigenvalue weighted by atomic mass is 9.79. The molecule has 1 aliphatic rings. The smallest absolute Gasteiger partial charge is 0.303 e. The van der Waals surface area contributed by atoms with Gasteiger partial charge in [-0.1, -0.05) is 0 Å². The van der Waals surface area contributed by atoms with E-state index in [1.807, 2.05) is 0 Å². The maximum atomic E-state index is 10.9. The van der Waals surface area contributed by atoms with Crippen LogP contribution in [0.3, 0.4) is 0 Å². The van der Waals surface area contributed by atoms with Gasteiger partial charge < -0.3 is 14.9 Å². The molecule has 0 heterocycles. The first-order chi connectivity index (χ1) is 7.13. The Bertz CT molecular complexity index is 309. The van der Waals surface area contributed by atoms with Crippen molar-refractivity contribution in [3.05, 3.63) is 11.6 Å². The molecular formula is C12H20O4. The molecule has 0 aromatic carbocycles. The van der Waals surface area contributed by atoms with Crippen molar-refractivity contribution in [2.45, 2.75) is 57.8 Å². The fourth-order valence-corrected chi connectivity index (χ4v) is 1.83. The van der Waals surface area contributed by atoms with Crippen molar-refractivity contribution in [2.75, 3.05) is 0 Å². The predicted octanol–water partition coefficient (Wildman–Crippen LogP) is 1.16. The molecule has 0 bridgehead atoms. The molecule has 0 unspecified atom stereocenters. The largest absolute Gasteiger partial charge is 0.455 e. The van der Waals surface area contributed by atoms with E-state index < -0.39 is 23.3 Å². The van der Waals surface area contributed by atoms with Crippen LogP contribution in [0.25, 0.3) is 0 Å². The van der Waals surface area contributed by atoms with Gasteiger partial charge in [0.15, 0.2) is 0 Å². The molecule has 0 aliphatic heterocycles. The fraction of sp³-hybridized carbons (Fsp3) is 0.750. The van der Waals surface area contributed by atoms with Gasteiger partial charge in [-0.05, 0) is 45.3 Å². The zero-order valence-electron chi connectivity index (χ0n) is 10.3. The predicted molar refractivity (Wildman–Crippen MR) is 59.8 cm³/mol. The maximum Gasteiger partial charge on any atom is 0.303 e. The van der Waals surface area contributed by atoms with Crippen LogP contribution in [-0.4, -0.2) is 33.5 Å². The Balaban J connectivity index is 2.94. The summed E-state index contributed by atoms with van der Waals surface area (Å²) in [5.41, 5.74) is -1.19. The first-order valence-electron chi connectivity index (χ1n) is 5.46. The van der Waals surface area contributed by atoms with E-state index in [0.717, 1.165) is 5.57 Å². The maximum absolute atomic E-state index is 10.9. The van der Waals surface area contributed by atoms with Gasteiger partial charge in [0.05, 0.1) is 5.60 Å². The third kappa shape index (κ3) is 3.06. The van der Waals surface area contributed by atoms with Gasteiger partial charge in [-0.3, -0.25) is 4.79 Å². The normalized spacial score (nSPS) is 30.9. The monoisotopic (exact) mass is 228 g/mol. The molecule has 16 heavy (non-hydrogen) atoms. The second-order valence-corrected chi connectivity index (χ2v) is 5.14. The van der Waals surface area contributed by atoms with Crippen molar-refractivity contribution in [1.82, 2.24) is 0 Å². The molecule has 0 saturated heterocycles. The summed E-state index contributed by atoms with van der Waals surface area (Å²) < 4.78 is 5.06. The van der Waals surface area contributed by atoms with Gasteiger partial charge in [0.25, 0.3) is 0 Å². The molecule has 0 spiro atoms. The van der Waals surface area contributed by atoms with Gasteiger partial charge >= 0.3 is 5.97 Å². The van der Waals surface area contributed by atoms with Crippen molar-refractivity contribution in [3.63, 3.8) is 0 Å². The van der Waals surface area contributed by atoms with Gasteiger partial charge in [-0.2, -0.15) is 0 Å². The lowest BCUT2D eigenvalue weighted by molar-refractivity contribution is -0.157. The molecule has 0 amide bonds. The molecule has 4 heteroatoms. The minimum Gasteiger partial charge on any atom is -0.455 e. The minimum absolute atomic E-state index is 0.432. The first-order valence-corrected chi connectivity index (χ1v) is 5.46. The number of rotatable bonds is 2. The van der Waals surface area contributed by atoms with Crippen LogP contribution >= 0.6 is 0 Å². The number of carbonyl (C=O) groups excluding carboxylic acids is 1. The van der Waals surface area contributed by atoms with Crippen molar-refractivity contribution in [2.24, 2.45) is 0 Å². The molecule has 0 radical (unpaired) electrons. The summed E-state index contributed by atoms with van der Waals surface area (Å²) >= 11 is 0. The lowest BCUT2D eigenvalue weighted by Gasteiger charge is -2.37. The first kappa shape index (κ1) is 13.2. The number of hydrogen-bond acceptors (Lipinski definition) is 4. The van der Waals surface area contributed by atoms with Crippen LogP contribution in [-0.2, 0) is 9.53 Å². The topological polar surface area (TPSA) is 66.8 Å². The molecule has 1 aliphatic carbocycles. The van der Waals surface area contributed by atoms with Crippen LogP contribution in [0.15, 0.2) is 11.6 Å². The Labute approximate surface area is 95.9 Å². The molecule has 0 fully saturated rings. The molecule has 92 valence electrons. The Kier molecular flexibility index (Phi) is 3.45. The quantitative estimate of drug-likeness (QED) is 0.550. The number of ether oxygens (including phenoxy) is 1. The lowest BCUT2D eigenvalue weighted by Crippen LogP contribution is -2.45. The van der Waals surface area contributed by atoms with Gasteiger partial charge in [-0.25, -0.2) is 0 Å². The van der Waals surface area contributed by atoms with Crippen LogP contribution in [0, 0.1) is 0 Å². The number of carbonyl (C=O) groups is 1. The van der Waals surface area contributed by atoms with Crippen LogP contribution in [0.4, 0.5) is 0 Å². The average Bonchev–Trinajstić information content (AvgIpc) is 2.05. The number of hydrogen-bond donors (Lipinski definition) is 2. The molecule has 4 nitrogen and oxygen atoms in total. The highest BCUT2D eigenvalue weighted by Gasteiger charge is 2.39. The van der Waals surface area contributed by atoms with Crippen LogP contribution in [0.1, 0.15) is 40.5 Å². The Hall–Kier alpha value is -0.870. The van der Waals surface area contributed by atoms with E-state index >= 15 is 0 Å². The number of aliphatic hydroxyl groups is 2. The summed E-state index contributed by atoms with van der Waals surface area (Å²) in [5, 5.41) is 19.9. The van der Waals surface area contributed by atoms with Crippen molar-refractivity contribution >= 4 is 5.97 Å². The molecule has 0 saturated carbocycles. The Morgan fingerprint density at radius 1 is 1.62 bits per heavy atom. The van der Waals surface area contributed by atoms with E-state index in [1.54, 1.807) is 26.8 Å². The summed E-state index contributed by atoms with van der Waals surface area (Å²) in [7, 11) is 0.